The van der Waals surface area contributed by atoms with Crippen molar-refractivity contribution in [3.8, 4) is 5.75 Å². The summed E-state index contributed by atoms with van der Waals surface area (Å²) in [6.45, 7) is 0.563. The van der Waals surface area contributed by atoms with E-state index in [0.29, 0.717) is 18.9 Å². The van der Waals surface area contributed by atoms with Gasteiger partial charge >= 0.3 is 0 Å². The molecule has 1 unspecified atom stereocenters. The van der Waals surface area contributed by atoms with Gasteiger partial charge in [-0.15, -0.1) is 0 Å². The molecule has 1 atom stereocenters. The van der Waals surface area contributed by atoms with Crippen molar-refractivity contribution < 1.29 is 14.9 Å². The van der Waals surface area contributed by atoms with Crippen molar-refractivity contribution in [1.29, 1.82) is 0 Å². The zero-order valence-corrected chi connectivity index (χ0v) is 15.0. The number of benzene rings is 2. The van der Waals surface area contributed by atoms with Crippen LogP contribution in [-0.2, 0) is 11.2 Å². The third kappa shape index (κ3) is 2.99. The van der Waals surface area contributed by atoms with E-state index in [4.69, 9.17) is 0 Å². The van der Waals surface area contributed by atoms with Crippen LogP contribution in [0, 0.1) is 5.92 Å². The molecule has 0 spiro atoms. The van der Waals surface area contributed by atoms with Gasteiger partial charge in [-0.1, -0.05) is 30.3 Å². The van der Waals surface area contributed by atoms with E-state index >= 15 is 0 Å². The van der Waals surface area contributed by atoms with Crippen LogP contribution in [0.5, 0.6) is 5.75 Å². The summed E-state index contributed by atoms with van der Waals surface area (Å²) in [6, 6.07) is 17.0. The van der Waals surface area contributed by atoms with E-state index in [-0.39, 0.29) is 17.7 Å². The summed E-state index contributed by atoms with van der Waals surface area (Å²) < 4.78 is 0. The van der Waals surface area contributed by atoms with Crippen LogP contribution in [0.3, 0.4) is 0 Å². The molecule has 136 valence electrons. The van der Waals surface area contributed by atoms with E-state index in [1.165, 1.54) is 12.8 Å². The predicted molar refractivity (Wildman–Crippen MR) is 102 cm³/mol. The number of nitrogens with one attached hydrogen (secondary N) is 2. The van der Waals surface area contributed by atoms with Gasteiger partial charge in [0.2, 0.25) is 11.4 Å². The third-order valence-corrected chi connectivity index (χ3v) is 5.49. The SMILES string of the molecule is O=C1C(Cc2ccc(O)cc2)NC2=C(C3CC3)[NH+]=C(c3ccccc3)CN12. The first-order valence-electron chi connectivity index (χ1n) is 9.47. The maximum atomic E-state index is 13.1. The highest BCUT2D eigenvalue weighted by atomic mass is 16.3. The van der Waals surface area contributed by atoms with Crippen molar-refractivity contribution in [2.75, 3.05) is 6.54 Å². The second-order valence-corrected chi connectivity index (χ2v) is 7.50. The lowest BCUT2D eigenvalue weighted by Crippen LogP contribution is -2.77. The predicted octanol–water partition coefficient (Wildman–Crippen LogP) is 0.898. The molecule has 27 heavy (non-hydrogen) atoms. The molecule has 3 aliphatic rings. The lowest BCUT2D eigenvalue weighted by molar-refractivity contribution is -0.410. The van der Waals surface area contributed by atoms with Crippen molar-refractivity contribution in [1.82, 2.24) is 10.2 Å². The Balaban J connectivity index is 1.44. The normalized spacial score (nSPS) is 21.8. The van der Waals surface area contributed by atoms with Crippen LogP contribution in [-0.4, -0.2) is 34.2 Å². The molecule has 2 aromatic rings. The van der Waals surface area contributed by atoms with E-state index < -0.39 is 0 Å². The van der Waals surface area contributed by atoms with Gasteiger partial charge in [0.1, 0.15) is 18.3 Å². The van der Waals surface area contributed by atoms with Gasteiger partial charge in [0.15, 0.2) is 5.82 Å². The highest BCUT2D eigenvalue weighted by molar-refractivity contribution is 6.01. The van der Waals surface area contributed by atoms with Gasteiger partial charge in [-0.25, -0.2) is 4.99 Å². The number of allylic oxidation sites excluding steroid dienone is 1. The molecule has 2 aromatic carbocycles. The second kappa shape index (κ2) is 6.27. The number of nitrogens with zero attached hydrogens (tertiary/aromatic N) is 1. The van der Waals surface area contributed by atoms with Crippen molar-refractivity contribution in [2.24, 2.45) is 5.92 Å². The Bertz CT molecular complexity index is 943. The van der Waals surface area contributed by atoms with Gasteiger partial charge in [0.05, 0.1) is 0 Å². The minimum atomic E-state index is -0.268. The Morgan fingerprint density at radius 3 is 2.52 bits per heavy atom. The molecule has 1 aliphatic carbocycles. The molecule has 5 rings (SSSR count). The van der Waals surface area contributed by atoms with Crippen LogP contribution in [0.1, 0.15) is 24.0 Å². The average Bonchev–Trinajstić information content (AvgIpc) is 3.50. The number of rotatable bonds is 4. The van der Waals surface area contributed by atoms with Gasteiger partial charge in [-0.05, 0) is 42.7 Å². The first kappa shape index (κ1) is 16.1. The standard InChI is InChI=1S/C22H21N3O2/c26-17-10-6-14(7-11-17)12-18-22(27)25-13-19(15-4-2-1-3-5-15)23-20(16-8-9-16)21(25)24-18/h1-7,10-11,16,18,24,26H,8-9,12-13H2/p+1. The van der Waals surface area contributed by atoms with Gasteiger partial charge in [-0.3, -0.25) is 9.69 Å². The molecule has 5 heteroatoms. The molecule has 2 fully saturated rings. The molecule has 2 aliphatic heterocycles. The minimum Gasteiger partial charge on any atom is -0.508 e. The summed E-state index contributed by atoms with van der Waals surface area (Å²) in [5.41, 5.74) is 4.40. The third-order valence-electron chi connectivity index (χ3n) is 5.49. The number of hydrogen-bond acceptors (Lipinski definition) is 3. The second-order valence-electron chi connectivity index (χ2n) is 7.50. The maximum Gasteiger partial charge on any atom is 0.251 e. The van der Waals surface area contributed by atoms with E-state index in [9.17, 15) is 9.90 Å². The number of phenolic OH excluding ortho intramolecular Hbond substituents is 1. The number of hydrogen-bond donors (Lipinski definition) is 3. The van der Waals surface area contributed by atoms with Crippen LogP contribution in [0.2, 0.25) is 0 Å². The molecular formula is C22H22N3O2+. The Hall–Kier alpha value is -3.08. The van der Waals surface area contributed by atoms with Gasteiger partial charge in [-0.2, -0.15) is 0 Å². The fourth-order valence-corrected chi connectivity index (χ4v) is 3.88. The lowest BCUT2D eigenvalue weighted by atomic mass is 10.1. The van der Waals surface area contributed by atoms with Gasteiger partial charge < -0.3 is 10.4 Å². The smallest absolute Gasteiger partial charge is 0.251 e. The number of carbonyl (C=O) groups excluding carboxylic acids is 1. The summed E-state index contributed by atoms with van der Waals surface area (Å²) in [6.07, 6.45) is 2.94. The molecule has 0 bridgehead atoms. The summed E-state index contributed by atoms with van der Waals surface area (Å²) >= 11 is 0. The topological polar surface area (TPSA) is 66.5 Å². The number of carbonyl (C=O) groups is 1. The number of amides is 1. The number of fused-ring (bicyclic) bond motifs is 1. The van der Waals surface area contributed by atoms with E-state index in [1.807, 2.05) is 35.2 Å². The first-order valence-corrected chi connectivity index (χ1v) is 9.47. The summed E-state index contributed by atoms with van der Waals surface area (Å²) in [5.74, 6) is 1.82. The molecule has 1 saturated carbocycles. The molecule has 3 N–H and O–H groups in total. The zero-order valence-electron chi connectivity index (χ0n) is 15.0. The largest absolute Gasteiger partial charge is 0.508 e. The highest BCUT2D eigenvalue weighted by Gasteiger charge is 2.46. The van der Waals surface area contributed by atoms with Crippen LogP contribution >= 0.6 is 0 Å². The Morgan fingerprint density at radius 2 is 1.81 bits per heavy atom. The van der Waals surface area contributed by atoms with Gasteiger partial charge in [0.25, 0.3) is 5.91 Å². The molecule has 0 radical (unpaired) electrons. The number of aromatic hydroxyl groups is 1. The average molecular weight is 360 g/mol. The quantitative estimate of drug-likeness (QED) is 0.759. The van der Waals surface area contributed by atoms with Crippen molar-refractivity contribution in [3.05, 3.63) is 77.2 Å². The molecule has 1 amide bonds. The molecule has 5 nitrogen and oxygen atoms in total. The Labute approximate surface area is 158 Å². The van der Waals surface area contributed by atoms with Crippen molar-refractivity contribution in [3.63, 3.8) is 0 Å². The molecule has 2 heterocycles. The van der Waals surface area contributed by atoms with E-state index in [0.717, 1.165) is 28.4 Å². The fraction of sp³-hybridized carbons (Fsp3) is 0.273. The minimum absolute atomic E-state index is 0.117. The number of phenols is 1. The monoisotopic (exact) mass is 360 g/mol. The first-order chi connectivity index (χ1) is 13.2. The summed E-state index contributed by atoms with van der Waals surface area (Å²) in [4.78, 5) is 18.6. The van der Waals surface area contributed by atoms with Crippen LogP contribution < -0.4 is 10.3 Å². The van der Waals surface area contributed by atoms with Crippen LogP contribution in [0.15, 0.2) is 66.1 Å². The van der Waals surface area contributed by atoms with Crippen molar-refractivity contribution in [2.45, 2.75) is 25.3 Å². The Morgan fingerprint density at radius 1 is 1.07 bits per heavy atom. The highest BCUT2D eigenvalue weighted by Crippen LogP contribution is 2.36. The summed E-state index contributed by atoms with van der Waals surface area (Å²) in [7, 11) is 0. The molecule has 1 saturated heterocycles. The van der Waals surface area contributed by atoms with Crippen LogP contribution in [0.25, 0.3) is 0 Å². The van der Waals surface area contributed by atoms with Crippen LogP contribution in [0.4, 0.5) is 0 Å². The maximum absolute atomic E-state index is 13.1. The van der Waals surface area contributed by atoms with E-state index in [2.05, 4.69) is 22.4 Å². The fourth-order valence-electron chi connectivity index (χ4n) is 3.88. The molecular weight excluding hydrogens is 338 g/mol. The van der Waals surface area contributed by atoms with E-state index in [1.54, 1.807) is 12.1 Å². The van der Waals surface area contributed by atoms with Crippen molar-refractivity contribution >= 4 is 11.6 Å². The lowest BCUT2D eigenvalue weighted by Gasteiger charge is -2.20. The zero-order chi connectivity index (χ0) is 18.4. The molecule has 0 aromatic heterocycles. The summed E-state index contributed by atoms with van der Waals surface area (Å²) in [5, 5.41) is 12.9. The van der Waals surface area contributed by atoms with Gasteiger partial charge in [0, 0.05) is 17.9 Å². The Kier molecular flexibility index (Phi) is 3.74.